The first-order valence-corrected chi connectivity index (χ1v) is 6.56. The summed E-state index contributed by atoms with van der Waals surface area (Å²) in [6, 6.07) is 5.35. The Kier molecular flexibility index (Phi) is 5.40. The fourth-order valence-electron chi connectivity index (χ4n) is 2.12. The van der Waals surface area contributed by atoms with E-state index in [1.807, 2.05) is 6.07 Å². The molecule has 0 amide bonds. The van der Waals surface area contributed by atoms with Gasteiger partial charge in [0.2, 0.25) is 0 Å². The van der Waals surface area contributed by atoms with Crippen LogP contribution in [-0.2, 0) is 9.47 Å². The van der Waals surface area contributed by atoms with Crippen molar-refractivity contribution in [2.75, 3.05) is 13.2 Å². The van der Waals surface area contributed by atoms with Crippen LogP contribution in [0.15, 0.2) is 31.0 Å². The van der Waals surface area contributed by atoms with Crippen molar-refractivity contribution < 1.29 is 29.9 Å². The predicted molar refractivity (Wildman–Crippen MR) is 73.0 cm³/mol. The van der Waals surface area contributed by atoms with Crippen molar-refractivity contribution in [3.8, 4) is 0 Å². The van der Waals surface area contributed by atoms with Crippen LogP contribution < -0.4 is 0 Å². The molecule has 7 nitrogen and oxygen atoms in total. The minimum Gasteiger partial charge on any atom is -0.394 e. The smallest absolute Gasteiger partial charge is 0.184 e. The van der Waals surface area contributed by atoms with E-state index in [0.29, 0.717) is 11.3 Å². The Morgan fingerprint density at radius 2 is 2.05 bits per heavy atom. The van der Waals surface area contributed by atoms with Gasteiger partial charge in [-0.2, -0.15) is 0 Å². The van der Waals surface area contributed by atoms with E-state index in [1.165, 1.54) is 0 Å². The predicted octanol–water partition coefficient (Wildman–Crippen LogP) is -1.09. The van der Waals surface area contributed by atoms with Crippen molar-refractivity contribution in [1.29, 1.82) is 0 Å². The molecule has 116 valence electrons. The van der Waals surface area contributed by atoms with E-state index >= 15 is 0 Å². The first-order valence-electron chi connectivity index (χ1n) is 6.56. The van der Waals surface area contributed by atoms with E-state index in [2.05, 4.69) is 11.6 Å². The molecule has 0 spiro atoms. The van der Waals surface area contributed by atoms with Crippen LogP contribution in [0.3, 0.4) is 0 Å². The average Bonchev–Trinajstić information content (AvgIpc) is 2.52. The minimum absolute atomic E-state index is 0.0431. The van der Waals surface area contributed by atoms with Gasteiger partial charge in [0.1, 0.15) is 24.4 Å². The van der Waals surface area contributed by atoms with Gasteiger partial charge in [-0.25, -0.2) is 0 Å². The summed E-state index contributed by atoms with van der Waals surface area (Å²) in [4.78, 5) is 4.12. The second kappa shape index (κ2) is 7.08. The number of aliphatic hydroxyl groups excluding tert-OH is 4. The molecule has 1 aromatic heterocycles. The number of pyridine rings is 1. The molecule has 0 saturated carbocycles. The Hall–Kier alpha value is -1.35. The first-order chi connectivity index (χ1) is 10.0. The highest BCUT2D eigenvalue weighted by molar-refractivity contribution is 5.60. The van der Waals surface area contributed by atoms with Crippen LogP contribution in [0.1, 0.15) is 5.69 Å². The first kappa shape index (κ1) is 16.0. The molecule has 4 N–H and O–H groups in total. The van der Waals surface area contributed by atoms with Crippen LogP contribution in [0.25, 0.3) is 5.57 Å². The van der Waals surface area contributed by atoms with Crippen LogP contribution in [-0.4, -0.2) is 69.3 Å². The second-order valence-corrected chi connectivity index (χ2v) is 4.82. The Bertz CT molecular complexity index is 466. The maximum Gasteiger partial charge on any atom is 0.184 e. The van der Waals surface area contributed by atoms with Crippen LogP contribution in [0, 0.1) is 0 Å². The number of aliphatic hydroxyl groups is 4. The highest BCUT2D eigenvalue weighted by Gasteiger charge is 2.44. The van der Waals surface area contributed by atoms with Gasteiger partial charge in [0, 0.05) is 6.20 Å². The Morgan fingerprint density at radius 1 is 1.29 bits per heavy atom. The maximum absolute atomic E-state index is 9.92. The van der Waals surface area contributed by atoms with Gasteiger partial charge in [-0.1, -0.05) is 12.6 Å². The molecule has 2 heterocycles. The minimum atomic E-state index is -1.56. The van der Waals surface area contributed by atoms with Gasteiger partial charge in [-0.05, 0) is 17.7 Å². The lowest BCUT2D eigenvalue weighted by Crippen LogP contribution is -2.59. The van der Waals surface area contributed by atoms with Gasteiger partial charge < -0.3 is 29.9 Å². The molecule has 5 atom stereocenters. The van der Waals surface area contributed by atoms with Crippen molar-refractivity contribution in [2.24, 2.45) is 0 Å². The summed E-state index contributed by atoms with van der Waals surface area (Å²) < 4.78 is 10.5. The quantitative estimate of drug-likeness (QED) is 0.546. The summed E-state index contributed by atoms with van der Waals surface area (Å²) in [5, 5.41) is 38.1. The molecule has 21 heavy (non-hydrogen) atoms. The van der Waals surface area contributed by atoms with Crippen molar-refractivity contribution in [1.82, 2.24) is 4.98 Å². The molecule has 1 aliphatic heterocycles. The molecular formula is C14H19NO6. The van der Waals surface area contributed by atoms with Crippen LogP contribution in [0.2, 0.25) is 0 Å². The number of hydrogen-bond donors (Lipinski definition) is 4. The standard InChI is InChI=1S/C14H19NO6/c1-8(9-4-2-3-5-15-9)7-20-13-10(6-16)21-14(19)12(18)11(13)17/h2-5,10-14,16-19H,1,6-7H2/t10-,11-,12-,13+,14-/m1/s1. The molecule has 0 aliphatic carbocycles. The third-order valence-electron chi connectivity index (χ3n) is 3.32. The van der Waals surface area contributed by atoms with Crippen LogP contribution in [0.4, 0.5) is 0 Å². The summed E-state index contributed by atoms with van der Waals surface area (Å²) >= 11 is 0. The third-order valence-corrected chi connectivity index (χ3v) is 3.32. The number of nitrogens with zero attached hydrogens (tertiary/aromatic N) is 1. The Labute approximate surface area is 122 Å². The van der Waals surface area contributed by atoms with Gasteiger partial charge in [0.15, 0.2) is 6.29 Å². The maximum atomic E-state index is 9.92. The third kappa shape index (κ3) is 3.65. The Balaban J connectivity index is 1.98. The lowest BCUT2D eigenvalue weighted by Gasteiger charge is -2.40. The lowest BCUT2D eigenvalue weighted by atomic mass is 9.99. The number of hydrogen-bond acceptors (Lipinski definition) is 7. The highest BCUT2D eigenvalue weighted by Crippen LogP contribution is 2.23. The summed E-state index contributed by atoms with van der Waals surface area (Å²) in [5.41, 5.74) is 1.23. The molecule has 1 aliphatic rings. The molecule has 0 unspecified atom stereocenters. The van der Waals surface area contributed by atoms with Crippen molar-refractivity contribution in [2.45, 2.75) is 30.7 Å². The fraction of sp³-hybridized carbons (Fsp3) is 0.500. The van der Waals surface area contributed by atoms with Crippen LogP contribution >= 0.6 is 0 Å². The number of ether oxygens (including phenoxy) is 2. The molecule has 2 rings (SSSR count). The van der Waals surface area contributed by atoms with E-state index in [-0.39, 0.29) is 6.61 Å². The van der Waals surface area contributed by atoms with Crippen molar-refractivity contribution in [3.63, 3.8) is 0 Å². The zero-order chi connectivity index (χ0) is 15.4. The van der Waals surface area contributed by atoms with Gasteiger partial charge in [-0.15, -0.1) is 0 Å². The highest BCUT2D eigenvalue weighted by atomic mass is 16.7. The topological polar surface area (TPSA) is 112 Å². The zero-order valence-corrected chi connectivity index (χ0v) is 11.4. The summed E-state index contributed by atoms with van der Waals surface area (Å²) in [5.74, 6) is 0. The molecule has 7 heteroatoms. The second-order valence-electron chi connectivity index (χ2n) is 4.82. The van der Waals surface area contributed by atoms with Crippen molar-refractivity contribution in [3.05, 3.63) is 36.7 Å². The van der Waals surface area contributed by atoms with E-state index < -0.39 is 37.3 Å². The van der Waals surface area contributed by atoms with Gasteiger partial charge in [-0.3, -0.25) is 4.98 Å². The molecule has 1 aromatic rings. The molecular weight excluding hydrogens is 278 g/mol. The Morgan fingerprint density at radius 3 is 2.67 bits per heavy atom. The molecule has 1 saturated heterocycles. The van der Waals surface area contributed by atoms with Gasteiger partial charge in [0.25, 0.3) is 0 Å². The van der Waals surface area contributed by atoms with Gasteiger partial charge in [0.05, 0.1) is 18.9 Å². The zero-order valence-electron chi connectivity index (χ0n) is 11.4. The summed E-state index contributed by atoms with van der Waals surface area (Å²) in [6.07, 6.45) is -4.72. The average molecular weight is 297 g/mol. The summed E-state index contributed by atoms with van der Waals surface area (Å²) in [6.45, 7) is 3.42. The number of rotatable bonds is 5. The molecule has 0 aromatic carbocycles. The lowest BCUT2D eigenvalue weighted by molar-refractivity contribution is -0.292. The fourth-order valence-corrected chi connectivity index (χ4v) is 2.12. The monoisotopic (exact) mass is 297 g/mol. The van der Waals surface area contributed by atoms with E-state index in [4.69, 9.17) is 9.47 Å². The van der Waals surface area contributed by atoms with E-state index in [1.54, 1.807) is 18.3 Å². The van der Waals surface area contributed by atoms with E-state index in [0.717, 1.165) is 0 Å². The van der Waals surface area contributed by atoms with E-state index in [9.17, 15) is 20.4 Å². The van der Waals surface area contributed by atoms with Gasteiger partial charge >= 0.3 is 0 Å². The molecule has 1 fully saturated rings. The molecule has 0 bridgehead atoms. The van der Waals surface area contributed by atoms with Crippen LogP contribution in [0.5, 0.6) is 0 Å². The largest absolute Gasteiger partial charge is 0.394 e. The summed E-state index contributed by atoms with van der Waals surface area (Å²) in [7, 11) is 0. The molecule has 0 radical (unpaired) electrons. The normalized spacial score (nSPS) is 32.9. The number of aromatic nitrogens is 1. The SMILES string of the molecule is C=C(CO[C@@H]1[C@H](O)[C@@H](O)[C@H](O)O[C@@H]1CO)c1ccccn1. The van der Waals surface area contributed by atoms with Crippen molar-refractivity contribution >= 4 is 5.57 Å².